The lowest BCUT2D eigenvalue weighted by molar-refractivity contribution is 0.0945. The van der Waals surface area contributed by atoms with Crippen molar-refractivity contribution in [1.29, 1.82) is 0 Å². The number of benzene rings is 3. The number of hydrogen-bond acceptors (Lipinski definition) is 3. The van der Waals surface area contributed by atoms with Crippen LogP contribution in [0, 0.1) is 0 Å². The van der Waals surface area contributed by atoms with Crippen LogP contribution in [0.1, 0.15) is 27.5 Å². The summed E-state index contributed by atoms with van der Waals surface area (Å²) in [5.41, 5.74) is 9.09. The van der Waals surface area contributed by atoms with Gasteiger partial charge < -0.3 is 10.3 Å². The molecule has 3 aromatic heterocycles. The molecule has 7 rings (SSSR count). The first-order valence-electron chi connectivity index (χ1n) is 11.6. The molecule has 6 aromatic rings. The SMILES string of the molecule is O=C(NC1c2ccccc2-c2c(-c3ccc4ncccc4c3)cccc21)c1ccnc2[nH]ccc12. The van der Waals surface area contributed by atoms with Gasteiger partial charge in [0.2, 0.25) is 0 Å². The molecular formula is C30H20N4O. The van der Waals surface area contributed by atoms with E-state index in [4.69, 9.17) is 0 Å². The Morgan fingerprint density at radius 2 is 1.69 bits per heavy atom. The van der Waals surface area contributed by atoms with Crippen molar-refractivity contribution in [2.45, 2.75) is 6.04 Å². The van der Waals surface area contributed by atoms with Crippen LogP contribution in [0.25, 0.3) is 44.2 Å². The smallest absolute Gasteiger partial charge is 0.252 e. The van der Waals surface area contributed by atoms with Gasteiger partial charge in [0.05, 0.1) is 17.1 Å². The number of carbonyl (C=O) groups is 1. The zero-order chi connectivity index (χ0) is 23.4. The second kappa shape index (κ2) is 7.64. The third kappa shape index (κ3) is 3.05. The average Bonchev–Trinajstić information content (AvgIpc) is 3.51. The maximum Gasteiger partial charge on any atom is 0.252 e. The number of nitrogens with zero attached hydrogens (tertiary/aromatic N) is 2. The lowest BCUT2D eigenvalue weighted by atomic mass is 9.93. The van der Waals surface area contributed by atoms with E-state index in [1.165, 1.54) is 0 Å². The van der Waals surface area contributed by atoms with Crippen molar-refractivity contribution in [3.8, 4) is 22.3 Å². The molecule has 166 valence electrons. The Hall–Kier alpha value is -4.77. The fourth-order valence-corrected chi connectivity index (χ4v) is 5.26. The quantitative estimate of drug-likeness (QED) is 0.332. The summed E-state index contributed by atoms with van der Waals surface area (Å²) < 4.78 is 0. The second-order valence-electron chi connectivity index (χ2n) is 8.77. The standard InChI is InChI=1S/C30H20N4O/c35-30(24-13-16-33-29-23(24)12-15-32-29)34-28-22-7-2-1-6-21(22)27-20(8-3-9-25(27)28)18-10-11-26-19(17-18)5-4-14-31-26/h1-17,28H,(H,32,33)(H,34,35). The number of carbonyl (C=O) groups excluding carboxylic acids is 1. The van der Waals surface area contributed by atoms with Gasteiger partial charge in [-0.05, 0) is 63.7 Å². The van der Waals surface area contributed by atoms with E-state index in [1.54, 1.807) is 18.5 Å². The molecule has 0 spiro atoms. The first kappa shape index (κ1) is 19.7. The van der Waals surface area contributed by atoms with Crippen LogP contribution in [0.3, 0.4) is 0 Å². The van der Waals surface area contributed by atoms with Gasteiger partial charge >= 0.3 is 0 Å². The van der Waals surface area contributed by atoms with Crippen molar-refractivity contribution in [2.24, 2.45) is 0 Å². The van der Waals surface area contributed by atoms with Crippen LogP contribution in [0.5, 0.6) is 0 Å². The molecule has 5 nitrogen and oxygen atoms in total. The Kier molecular flexibility index (Phi) is 4.29. The largest absolute Gasteiger partial charge is 0.346 e. The number of rotatable bonds is 3. The van der Waals surface area contributed by atoms with Gasteiger partial charge in [-0.1, -0.05) is 54.6 Å². The minimum absolute atomic E-state index is 0.119. The fourth-order valence-electron chi connectivity index (χ4n) is 5.26. The van der Waals surface area contributed by atoms with Gasteiger partial charge in [0.25, 0.3) is 5.91 Å². The van der Waals surface area contributed by atoms with Crippen LogP contribution in [0.4, 0.5) is 0 Å². The Labute approximate surface area is 201 Å². The summed E-state index contributed by atoms with van der Waals surface area (Å²) in [7, 11) is 0. The van der Waals surface area contributed by atoms with E-state index in [2.05, 4.69) is 80.9 Å². The van der Waals surface area contributed by atoms with Crippen LogP contribution >= 0.6 is 0 Å². The number of nitrogens with one attached hydrogen (secondary N) is 2. The van der Waals surface area contributed by atoms with Gasteiger partial charge in [-0.2, -0.15) is 0 Å². The Bertz CT molecular complexity index is 1770. The highest BCUT2D eigenvalue weighted by Gasteiger charge is 2.32. The monoisotopic (exact) mass is 452 g/mol. The van der Waals surface area contributed by atoms with Crippen molar-refractivity contribution < 1.29 is 4.79 Å². The molecule has 35 heavy (non-hydrogen) atoms. The van der Waals surface area contributed by atoms with Crippen LogP contribution in [0.15, 0.2) is 104 Å². The molecule has 1 atom stereocenters. The summed E-state index contributed by atoms with van der Waals surface area (Å²) in [6, 6.07) is 28.5. The average molecular weight is 453 g/mol. The summed E-state index contributed by atoms with van der Waals surface area (Å²) in [6.45, 7) is 0. The van der Waals surface area contributed by atoms with Crippen LogP contribution in [0.2, 0.25) is 0 Å². The molecular weight excluding hydrogens is 432 g/mol. The number of H-pyrrole nitrogens is 1. The van der Waals surface area contributed by atoms with E-state index in [1.807, 2.05) is 24.4 Å². The first-order valence-corrected chi connectivity index (χ1v) is 11.6. The van der Waals surface area contributed by atoms with Gasteiger partial charge in [0, 0.05) is 29.4 Å². The molecule has 0 aliphatic heterocycles. The third-order valence-corrected chi connectivity index (χ3v) is 6.84. The Morgan fingerprint density at radius 1 is 0.800 bits per heavy atom. The highest BCUT2D eigenvalue weighted by Crippen LogP contribution is 2.48. The van der Waals surface area contributed by atoms with Gasteiger partial charge in [-0.25, -0.2) is 4.98 Å². The fraction of sp³-hybridized carbons (Fsp3) is 0.0333. The molecule has 1 unspecified atom stereocenters. The zero-order valence-electron chi connectivity index (χ0n) is 18.7. The highest BCUT2D eigenvalue weighted by atomic mass is 16.1. The zero-order valence-corrected chi connectivity index (χ0v) is 18.7. The number of fused-ring (bicyclic) bond motifs is 5. The van der Waals surface area contributed by atoms with Crippen molar-refractivity contribution >= 4 is 27.8 Å². The minimum atomic E-state index is -0.238. The molecule has 3 aromatic carbocycles. The van der Waals surface area contributed by atoms with E-state index in [-0.39, 0.29) is 11.9 Å². The van der Waals surface area contributed by atoms with E-state index in [9.17, 15) is 4.79 Å². The number of pyridine rings is 2. The molecule has 2 N–H and O–H groups in total. The van der Waals surface area contributed by atoms with Crippen molar-refractivity contribution in [1.82, 2.24) is 20.3 Å². The predicted octanol–water partition coefficient (Wildman–Crippen LogP) is 6.28. The molecule has 3 heterocycles. The summed E-state index contributed by atoms with van der Waals surface area (Å²) in [4.78, 5) is 25.3. The van der Waals surface area contributed by atoms with Gasteiger partial charge in [0.1, 0.15) is 5.65 Å². The number of aromatic amines is 1. The summed E-state index contributed by atoms with van der Waals surface area (Å²) >= 11 is 0. The van der Waals surface area contributed by atoms with Crippen molar-refractivity contribution in [2.75, 3.05) is 0 Å². The lowest BCUT2D eigenvalue weighted by Gasteiger charge is -2.17. The number of hydrogen-bond donors (Lipinski definition) is 2. The van der Waals surface area contributed by atoms with Crippen LogP contribution in [-0.2, 0) is 0 Å². The third-order valence-electron chi connectivity index (χ3n) is 6.84. The van der Waals surface area contributed by atoms with Crippen LogP contribution < -0.4 is 5.32 Å². The van der Waals surface area contributed by atoms with E-state index in [0.29, 0.717) is 11.2 Å². The molecule has 1 aliphatic rings. The van der Waals surface area contributed by atoms with E-state index in [0.717, 1.165) is 49.7 Å². The summed E-state index contributed by atoms with van der Waals surface area (Å²) in [5, 5.41) is 5.23. The molecule has 1 amide bonds. The second-order valence-corrected chi connectivity index (χ2v) is 8.77. The van der Waals surface area contributed by atoms with Gasteiger partial charge in [-0.3, -0.25) is 9.78 Å². The molecule has 5 heteroatoms. The van der Waals surface area contributed by atoms with Crippen LogP contribution in [-0.4, -0.2) is 20.9 Å². The molecule has 1 aliphatic carbocycles. The molecule has 0 saturated carbocycles. The van der Waals surface area contributed by atoms with Gasteiger partial charge in [0.15, 0.2) is 0 Å². The normalized spacial score (nSPS) is 14.1. The maximum atomic E-state index is 13.5. The van der Waals surface area contributed by atoms with Crippen molar-refractivity contribution in [3.05, 3.63) is 120 Å². The topological polar surface area (TPSA) is 70.7 Å². The molecule has 0 fully saturated rings. The summed E-state index contributed by atoms with van der Waals surface area (Å²) in [6.07, 6.45) is 5.28. The van der Waals surface area contributed by atoms with E-state index >= 15 is 0 Å². The Balaban J connectivity index is 1.36. The van der Waals surface area contributed by atoms with Gasteiger partial charge in [-0.15, -0.1) is 0 Å². The maximum absolute atomic E-state index is 13.5. The first-order chi connectivity index (χ1) is 17.3. The van der Waals surface area contributed by atoms with E-state index < -0.39 is 0 Å². The highest BCUT2D eigenvalue weighted by molar-refractivity contribution is 6.06. The predicted molar refractivity (Wildman–Crippen MR) is 138 cm³/mol. The lowest BCUT2D eigenvalue weighted by Crippen LogP contribution is -2.28. The minimum Gasteiger partial charge on any atom is -0.346 e. The number of amides is 1. The molecule has 0 radical (unpaired) electrons. The Morgan fingerprint density at radius 3 is 2.66 bits per heavy atom. The van der Waals surface area contributed by atoms with Crippen molar-refractivity contribution in [3.63, 3.8) is 0 Å². The summed E-state index contributed by atoms with van der Waals surface area (Å²) in [5.74, 6) is -0.119. The molecule has 0 saturated heterocycles. The number of aromatic nitrogens is 3. The molecule has 0 bridgehead atoms.